The van der Waals surface area contributed by atoms with E-state index in [1.54, 1.807) is 0 Å². The van der Waals surface area contributed by atoms with Crippen LogP contribution in [0.25, 0.3) is 5.69 Å². The van der Waals surface area contributed by atoms with Crippen LogP contribution in [0.4, 0.5) is 17.6 Å². The number of hydrogen-bond donors (Lipinski definition) is 2. The van der Waals surface area contributed by atoms with E-state index in [1.165, 1.54) is 0 Å². The first-order valence-corrected chi connectivity index (χ1v) is 6.26. The summed E-state index contributed by atoms with van der Waals surface area (Å²) in [7, 11) is 0. The zero-order valence-electron chi connectivity index (χ0n) is 11.1. The van der Waals surface area contributed by atoms with Crippen molar-refractivity contribution in [1.29, 1.82) is 0 Å². The number of aliphatic hydroxyl groups is 1. The molecule has 2 aromatic rings. The number of nitrogens with zero attached hydrogens (tertiary/aromatic N) is 2. The van der Waals surface area contributed by atoms with Crippen molar-refractivity contribution in [1.82, 2.24) is 9.24 Å². The molecule has 23 heavy (non-hydrogen) atoms. The summed E-state index contributed by atoms with van der Waals surface area (Å²) >= 11 is 5.64. The lowest BCUT2D eigenvalue weighted by Gasteiger charge is -2.14. The van der Waals surface area contributed by atoms with Crippen LogP contribution in [0, 0.1) is 5.82 Å². The highest BCUT2D eigenvalue weighted by molar-refractivity contribution is 6.31. The van der Waals surface area contributed by atoms with Crippen LogP contribution < -0.4 is 17.1 Å². The van der Waals surface area contributed by atoms with Crippen molar-refractivity contribution in [2.45, 2.75) is 12.8 Å². The Hall–Kier alpha value is -2.33. The van der Waals surface area contributed by atoms with Gasteiger partial charge < -0.3 is 10.9 Å². The average Bonchev–Trinajstić information content (AvgIpc) is 2.44. The van der Waals surface area contributed by atoms with Crippen molar-refractivity contribution in [3.8, 4) is 5.69 Å². The quantitative estimate of drug-likeness (QED) is 0.623. The molecule has 0 spiro atoms. The molecular formula is C12H8ClF4N3O3. The fraction of sp³-hybridized carbons (Fsp3) is 0.167. The van der Waals surface area contributed by atoms with E-state index < -0.39 is 41.2 Å². The Bertz CT molecular complexity index is 889. The maximum absolute atomic E-state index is 13.9. The molecule has 0 aliphatic carbocycles. The molecule has 0 unspecified atom stereocenters. The summed E-state index contributed by atoms with van der Waals surface area (Å²) in [5.74, 6) is 3.91. The van der Waals surface area contributed by atoms with E-state index in [0.29, 0.717) is 6.07 Å². The van der Waals surface area contributed by atoms with E-state index in [4.69, 9.17) is 22.6 Å². The van der Waals surface area contributed by atoms with Crippen molar-refractivity contribution in [2.75, 3.05) is 5.84 Å². The average molecular weight is 354 g/mol. The standard InChI is InChI=1S/C12H8ClF4N3O3/c13-6-2-7(14)8(1-5(6)4-21)19-10(22)3-9(12(15,16)17)20(18)11(19)23/h1-3,21H,4,18H2. The molecule has 11 heteroatoms. The van der Waals surface area contributed by atoms with Crippen LogP contribution in [0.3, 0.4) is 0 Å². The molecule has 124 valence electrons. The molecule has 0 bridgehead atoms. The van der Waals surface area contributed by atoms with Crippen molar-refractivity contribution < 1.29 is 22.7 Å². The summed E-state index contributed by atoms with van der Waals surface area (Å²) < 4.78 is 51.8. The van der Waals surface area contributed by atoms with Gasteiger partial charge in [-0.15, -0.1) is 0 Å². The molecule has 0 saturated carbocycles. The Kier molecular flexibility index (Phi) is 4.22. The van der Waals surface area contributed by atoms with E-state index in [1.807, 2.05) is 0 Å². The molecule has 1 aromatic carbocycles. The summed E-state index contributed by atoms with van der Waals surface area (Å²) in [5.41, 5.74) is -5.43. The number of rotatable bonds is 2. The SMILES string of the molecule is Nn1c(C(F)(F)F)cc(=O)n(-c2cc(CO)c(Cl)cc2F)c1=O. The number of halogens is 5. The summed E-state index contributed by atoms with van der Waals surface area (Å²) in [6.45, 7) is -0.641. The van der Waals surface area contributed by atoms with Gasteiger partial charge >= 0.3 is 11.9 Å². The first kappa shape index (κ1) is 17.0. The van der Waals surface area contributed by atoms with Crippen molar-refractivity contribution in [3.63, 3.8) is 0 Å². The highest BCUT2D eigenvalue weighted by Gasteiger charge is 2.36. The molecular weight excluding hydrogens is 346 g/mol. The third-order valence-electron chi connectivity index (χ3n) is 2.96. The minimum Gasteiger partial charge on any atom is -0.392 e. The number of hydrogen-bond acceptors (Lipinski definition) is 4. The Morgan fingerprint density at radius 1 is 1.22 bits per heavy atom. The lowest BCUT2D eigenvalue weighted by Crippen LogP contribution is -2.45. The molecule has 6 nitrogen and oxygen atoms in total. The van der Waals surface area contributed by atoms with Gasteiger partial charge in [0.15, 0.2) is 5.69 Å². The van der Waals surface area contributed by atoms with Crippen LogP contribution in [0.15, 0.2) is 27.8 Å². The second kappa shape index (κ2) is 5.70. The molecule has 1 heterocycles. The molecule has 0 amide bonds. The largest absolute Gasteiger partial charge is 0.433 e. The van der Waals surface area contributed by atoms with Crippen molar-refractivity contribution in [3.05, 3.63) is 61.1 Å². The first-order valence-electron chi connectivity index (χ1n) is 5.88. The predicted octanol–water partition coefficient (Wildman–Crippen LogP) is 1.02. The van der Waals surface area contributed by atoms with E-state index in [0.717, 1.165) is 6.07 Å². The fourth-order valence-electron chi connectivity index (χ4n) is 1.87. The molecule has 3 N–H and O–H groups in total. The highest BCUT2D eigenvalue weighted by atomic mass is 35.5. The Labute approximate surface area is 129 Å². The molecule has 0 aliphatic rings. The molecule has 0 fully saturated rings. The van der Waals surface area contributed by atoms with Crippen LogP contribution in [0.2, 0.25) is 5.02 Å². The molecule has 1 aromatic heterocycles. The van der Waals surface area contributed by atoms with E-state index >= 15 is 0 Å². The number of alkyl halides is 3. The van der Waals surface area contributed by atoms with Gasteiger partial charge in [0.05, 0.1) is 12.3 Å². The van der Waals surface area contributed by atoms with Crippen molar-refractivity contribution >= 4 is 11.6 Å². The third kappa shape index (κ3) is 2.94. The van der Waals surface area contributed by atoms with Gasteiger partial charge in [0.2, 0.25) is 0 Å². The Morgan fingerprint density at radius 3 is 2.35 bits per heavy atom. The molecule has 2 rings (SSSR count). The van der Waals surface area contributed by atoms with Gasteiger partial charge in [0.25, 0.3) is 5.56 Å². The summed E-state index contributed by atoms with van der Waals surface area (Å²) in [6, 6.07) is 1.65. The number of nitrogen functional groups attached to an aromatic ring is 1. The van der Waals surface area contributed by atoms with Crippen LogP contribution in [-0.4, -0.2) is 14.3 Å². The third-order valence-corrected chi connectivity index (χ3v) is 3.31. The minimum absolute atomic E-state index is 0.0298. The van der Waals surface area contributed by atoms with Gasteiger partial charge in [-0.1, -0.05) is 11.6 Å². The normalized spacial score (nSPS) is 11.7. The van der Waals surface area contributed by atoms with Gasteiger partial charge in [-0.3, -0.25) is 4.79 Å². The summed E-state index contributed by atoms with van der Waals surface area (Å²) in [5, 5.41) is 8.89. The molecule has 0 atom stereocenters. The van der Waals surface area contributed by atoms with E-state index in [-0.39, 0.29) is 25.9 Å². The highest BCUT2D eigenvalue weighted by Crippen LogP contribution is 2.27. The van der Waals surface area contributed by atoms with Gasteiger partial charge in [0, 0.05) is 11.1 Å². The van der Waals surface area contributed by atoms with Crippen LogP contribution in [-0.2, 0) is 12.8 Å². The van der Waals surface area contributed by atoms with Gasteiger partial charge in [0.1, 0.15) is 5.82 Å². The van der Waals surface area contributed by atoms with Gasteiger partial charge in [-0.2, -0.15) is 13.2 Å². The second-order valence-corrected chi connectivity index (χ2v) is 4.81. The lowest BCUT2D eigenvalue weighted by molar-refractivity contribution is -0.143. The lowest BCUT2D eigenvalue weighted by atomic mass is 10.2. The number of benzene rings is 1. The van der Waals surface area contributed by atoms with Gasteiger partial charge in [-0.25, -0.2) is 18.4 Å². The topological polar surface area (TPSA) is 90.2 Å². The first-order chi connectivity index (χ1) is 10.6. The van der Waals surface area contributed by atoms with Crippen LogP contribution >= 0.6 is 11.6 Å². The predicted molar refractivity (Wildman–Crippen MR) is 72.3 cm³/mol. The fourth-order valence-corrected chi connectivity index (χ4v) is 2.08. The monoisotopic (exact) mass is 353 g/mol. The number of nitrogens with two attached hydrogens (primary N) is 1. The molecule has 0 radical (unpaired) electrons. The summed E-state index contributed by atoms with van der Waals surface area (Å²) in [4.78, 5) is 23.8. The second-order valence-electron chi connectivity index (χ2n) is 4.41. The van der Waals surface area contributed by atoms with Crippen LogP contribution in [0.1, 0.15) is 11.3 Å². The smallest absolute Gasteiger partial charge is 0.392 e. The van der Waals surface area contributed by atoms with E-state index in [9.17, 15) is 27.2 Å². The number of aliphatic hydroxyl groups excluding tert-OH is 1. The Balaban J connectivity index is 2.84. The van der Waals surface area contributed by atoms with E-state index in [2.05, 4.69) is 0 Å². The zero-order valence-corrected chi connectivity index (χ0v) is 11.8. The summed E-state index contributed by atoms with van der Waals surface area (Å²) in [6.07, 6.45) is -5.04. The van der Waals surface area contributed by atoms with Crippen molar-refractivity contribution in [2.24, 2.45) is 0 Å². The maximum Gasteiger partial charge on any atom is 0.433 e. The maximum atomic E-state index is 13.9. The number of aromatic nitrogens is 2. The van der Waals surface area contributed by atoms with Crippen LogP contribution in [0.5, 0.6) is 0 Å². The van der Waals surface area contributed by atoms with Gasteiger partial charge in [-0.05, 0) is 17.7 Å². The zero-order chi connectivity index (χ0) is 17.5. The minimum atomic E-state index is -5.04. The molecule has 0 saturated heterocycles. The Morgan fingerprint density at radius 2 is 1.83 bits per heavy atom. The molecule has 0 aliphatic heterocycles.